The van der Waals surface area contributed by atoms with Crippen LogP contribution in [0.2, 0.25) is 0 Å². The highest BCUT2D eigenvalue weighted by Crippen LogP contribution is 2.27. The molecule has 12 heteroatoms. The van der Waals surface area contributed by atoms with E-state index in [4.69, 9.17) is 0 Å². The first kappa shape index (κ1) is 24.4. The summed E-state index contributed by atoms with van der Waals surface area (Å²) in [5, 5.41) is 2.55. The molecule has 0 saturated heterocycles. The summed E-state index contributed by atoms with van der Waals surface area (Å²) in [5.41, 5.74) is -0.498. The number of hydrogen-bond acceptors (Lipinski definition) is 7. The van der Waals surface area contributed by atoms with E-state index < -0.39 is 21.1 Å². The van der Waals surface area contributed by atoms with Crippen molar-refractivity contribution in [2.24, 2.45) is 0 Å². The second-order valence-electron chi connectivity index (χ2n) is 8.59. The van der Waals surface area contributed by atoms with Crippen molar-refractivity contribution in [2.45, 2.75) is 31.0 Å². The number of nitrogens with one attached hydrogen (secondary N) is 1. The molecule has 1 aliphatic rings. The second kappa shape index (κ2) is 9.97. The average Bonchev–Trinajstić information content (AvgIpc) is 3.44. The quantitative estimate of drug-likeness (QED) is 0.286. The van der Waals surface area contributed by atoms with Crippen molar-refractivity contribution in [2.75, 3.05) is 12.3 Å². The third-order valence-corrected chi connectivity index (χ3v) is 7.99. The molecule has 0 fully saturated rings. The summed E-state index contributed by atoms with van der Waals surface area (Å²) in [6, 6.07) is 11.8. The van der Waals surface area contributed by atoms with Crippen LogP contribution >= 0.6 is 0 Å². The zero-order valence-corrected chi connectivity index (χ0v) is 20.6. The summed E-state index contributed by atoms with van der Waals surface area (Å²) in [4.78, 5) is 47.3. The fourth-order valence-corrected chi connectivity index (χ4v) is 6.09. The van der Waals surface area contributed by atoms with Gasteiger partial charge in [-0.05, 0) is 30.5 Å². The lowest BCUT2D eigenvalue weighted by atomic mass is 10.1. The maximum Gasteiger partial charge on any atom is 0.332 e. The lowest BCUT2D eigenvalue weighted by Gasteiger charge is -2.23. The summed E-state index contributed by atoms with van der Waals surface area (Å²) in [7, 11) is -3.79. The molecule has 0 unspecified atom stereocenters. The number of aromatic nitrogens is 5. The molecule has 11 nitrogen and oxygen atoms in total. The molecule has 5 rings (SSSR count). The molecule has 1 N–H and O–H groups in total. The predicted octanol–water partition coefficient (Wildman–Crippen LogP) is 1.26. The first-order chi connectivity index (χ1) is 17.9. The molecular weight excluding hydrogens is 496 g/mol. The number of nitrogens with zero attached hydrogens (tertiary/aromatic N) is 5. The fourth-order valence-electron chi connectivity index (χ4n) is 4.37. The minimum absolute atomic E-state index is 0.00740. The number of carbonyl (C=O) groups excluding carboxylic acids is 1. The van der Waals surface area contributed by atoms with Crippen LogP contribution in [0.1, 0.15) is 23.2 Å². The van der Waals surface area contributed by atoms with Crippen LogP contribution in [0.4, 0.5) is 0 Å². The number of carbonyl (C=O) groups is 1. The number of imidazole rings is 1. The molecule has 0 aliphatic carbocycles. The van der Waals surface area contributed by atoms with Gasteiger partial charge >= 0.3 is 5.69 Å². The van der Waals surface area contributed by atoms with Gasteiger partial charge < -0.3 is 5.32 Å². The van der Waals surface area contributed by atoms with Crippen molar-refractivity contribution < 1.29 is 13.2 Å². The Labute approximate surface area is 212 Å². The molecule has 1 aliphatic heterocycles. The number of hydrogen-bond donors (Lipinski definition) is 1. The molecular formula is C25H24N6O5S. The molecule has 3 aromatic heterocycles. The van der Waals surface area contributed by atoms with Crippen LogP contribution in [0.25, 0.3) is 16.9 Å². The van der Waals surface area contributed by atoms with Crippen LogP contribution in [0, 0.1) is 0 Å². The highest BCUT2D eigenvalue weighted by Gasteiger charge is 2.32. The summed E-state index contributed by atoms with van der Waals surface area (Å²) in [6.45, 7) is 0.441. The number of fused-ring (bicyclic) bond motifs is 1. The molecule has 4 aromatic rings. The topological polar surface area (TPSA) is 138 Å². The average molecular weight is 521 g/mol. The van der Waals surface area contributed by atoms with E-state index in [-0.39, 0.29) is 41.9 Å². The highest BCUT2D eigenvalue weighted by molar-refractivity contribution is 7.91. The SMILES string of the molecule is O=C(NCCCn1c(=O)c(-c2ccccc2)c2n(c1=O)CCCS2(=O)=O)c1ccc(-n2ccnc2)nc1. The van der Waals surface area contributed by atoms with Crippen molar-refractivity contribution in [3.8, 4) is 16.9 Å². The minimum Gasteiger partial charge on any atom is -0.352 e. The molecule has 1 amide bonds. The fraction of sp³-hybridized carbons (Fsp3) is 0.240. The molecule has 190 valence electrons. The van der Waals surface area contributed by atoms with E-state index in [1.165, 1.54) is 10.8 Å². The molecule has 4 heterocycles. The van der Waals surface area contributed by atoms with Gasteiger partial charge in [0.15, 0.2) is 14.9 Å². The third kappa shape index (κ3) is 4.75. The molecule has 37 heavy (non-hydrogen) atoms. The van der Waals surface area contributed by atoms with Crippen LogP contribution in [-0.2, 0) is 22.9 Å². The minimum atomic E-state index is -3.79. The molecule has 0 bridgehead atoms. The first-order valence-electron chi connectivity index (χ1n) is 11.8. The largest absolute Gasteiger partial charge is 0.352 e. The maximum atomic E-state index is 13.4. The Balaban J connectivity index is 1.34. The smallest absolute Gasteiger partial charge is 0.332 e. The summed E-state index contributed by atoms with van der Waals surface area (Å²) < 4.78 is 29.7. The molecule has 0 saturated carbocycles. The van der Waals surface area contributed by atoms with Crippen LogP contribution in [0.3, 0.4) is 0 Å². The van der Waals surface area contributed by atoms with Gasteiger partial charge in [0.25, 0.3) is 11.5 Å². The predicted molar refractivity (Wildman–Crippen MR) is 135 cm³/mol. The number of rotatable bonds is 7. The van der Waals surface area contributed by atoms with Crippen molar-refractivity contribution in [1.82, 2.24) is 29.0 Å². The Morgan fingerprint density at radius 3 is 2.59 bits per heavy atom. The van der Waals surface area contributed by atoms with E-state index in [2.05, 4.69) is 15.3 Å². The zero-order valence-electron chi connectivity index (χ0n) is 19.8. The van der Waals surface area contributed by atoms with Gasteiger partial charge in [-0.3, -0.25) is 23.3 Å². The molecule has 0 spiro atoms. The van der Waals surface area contributed by atoms with Crippen LogP contribution in [-0.4, -0.2) is 50.3 Å². The van der Waals surface area contributed by atoms with E-state index >= 15 is 0 Å². The maximum absolute atomic E-state index is 13.4. The van der Waals surface area contributed by atoms with Crippen molar-refractivity contribution in [3.05, 3.63) is 93.8 Å². The molecule has 1 aromatic carbocycles. The lowest BCUT2D eigenvalue weighted by Crippen LogP contribution is -2.45. The summed E-state index contributed by atoms with van der Waals surface area (Å²) >= 11 is 0. The van der Waals surface area contributed by atoms with Crippen LogP contribution in [0.5, 0.6) is 0 Å². The van der Waals surface area contributed by atoms with E-state index in [0.717, 1.165) is 4.57 Å². The van der Waals surface area contributed by atoms with Gasteiger partial charge in [0, 0.05) is 38.2 Å². The van der Waals surface area contributed by atoms with Gasteiger partial charge in [0.05, 0.1) is 16.9 Å². The second-order valence-corrected chi connectivity index (χ2v) is 10.6. The van der Waals surface area contributed by atoms with Gasteiger partial charge in [-0.15, -0.1) is 0 Å². The first-order valence-corrected chi connectivity index (χ1v) is 13.4. The van der Waals surface area contributed by atoms with Gasteiger partial charge in [0.2, 0.25) is 0 Å². The Kier molecular flexibility index (Phi) is 6.57. The highest BCUT2D eigenvalue weighted by atomic mass is 32.2. The Bertz CT molecular complexity index is 1660. The van der Waals surface area contributed by atoms with Gasteiger partial charge in [-0.25, -0.2) is 23.2 Å². The van der Waals surface area contributed by atoms with Gasteiger partial charge in [0.1, 0.15) is 12.1 Å². The summed E-state index contributed by atoms with van der Waals surface area (Å²) in [6.07, 6.45) is 7.02. The molecule has 0 radical (unpaired) electrons. The zero-order chi connectivity index (χ0) is 26.0. The molecule has 0 atom stereocenters. The summed E-state index contributed by atoms with van der Waals surface area (Å²) in [5.74, 6) is 0.174. The van der Waals surface area contributed by atoms with E-state index in [1.807, 2.05) is 0 Å². The number of sulfone groups is 1. The van der Waals surface area contributed by atoms with Gasteiger partial charge in [-0.1, -0.05) is 30.3 Å². The Morgan fingerprint density at radius 1 is 1.08 bits per heavy atom. The normalized spacial score (nSPS) is 14.2. The third-order valence-electron chi connectivity index (χ3n) is 6.15. The Morgan fingerprint density at radius 2 is 1.89 bits per heavy atom. The van der Waals surface area contributed by atoms with Crippen molar-refractivity contribution >= 4 is 15.7 Å². The van der Waals surface area contributed by atoms with Crippen LogP contribution in [0.15, 0.2) is 82.0 Å². The van der Waals surface area contributed by atoms with Crippen molar-refractivity contribution in [3.63, 3.8) is 0 Å². The lowest BCUT2D eigenvalue weighted by molar-refractivity contribution is 0.0952. The van der Waals surface area contributed by atoms with Crippen LogP contribution < -0.4 is 16.6 Å². The number of amides is 1. The number of pyridine rings is 1. The van der Waals surface area contributed by atoms with E-state index in [9.17, 15) is 22.8 Å². The van der Waals surface area contributed by atoms with Gasteiger partial charge in [-0.2, -0.15) is 0 Å². The standard InChI is InChI=1S/C25H24N6O5S/c32-22(19-8-9-20(28-16-19)29-14-11-26-17-29)27-10-4-12-30-23(33)21(18-6-2-1-3-7-18)24-31(25(30)34)13-5-15-37(24,35)36/h1-3,6-9,11,14,16-17H,4-5,10,12-13,15H2,(H,27,32). The number of benzene rings is 1. The monoisotopic (exact) mass is 520 g/mol. The van der Waals surface area contributed by atoms with E-state index in [0.29, 0.717) is 29.8 Å². The van der Waals surface area contributed by atoms with Crippen molar-refractivity contribution in [1.29, 1.82) is 0 Å². The Hall–Kier alpha value is -4.32. The van der Waals surface area contributed by atoms with E-state index in [1.54, 1.807) is 65.8 Å².